The number of nitro groups is 1. The Morgan fingerprint density at radius 2 is 2.00 bits per heavy atom. The van der Waals surface area contributed by atoms with Gasteiger partial charge in [0.25, 0.3) is 0 Å². The number of hydrogen-bond donors (Lipinski definition) is 2. The number of para-hydroxylation sites is 1. The molecule has 21 heavy (non-hydrogen) atoms. The van der Waals surface area contributed by atoms with E-state index in [1.807, 2.05) is 0 Å². The van der Waals surface area contributed by atoms with Crippen molar-refractivity contribution in [1.29, 1.82) is 0 Å². The number of nitrogens with one attached hydrogen (secondary N) is 1. The molecule has 2 rings (SSSR count). The van der Waals surface area contributed by atoms with E-state index in [2.05, 4.69) is 5.32 Å². The van der Waals surface area contributed by atoms with Gasteiger partial charge in [-0.3, -0.25) is 10.1 Å². The van der Waals surface area contributed by atoms with Crippen LogP contribution in [0.1, 0.15) is 25.7 Å². The van der Waals surface area contributed by atoms with E-state index in [0.717, 1.165) is 19.1 Å². The average molecular weight is 314 g/mol. The topological polar surface area (TPSA) is 110 Å². The molecule has 0 spiro atoms. The fourth-order valence-corrected chi connectivity index (χ4v) is 3.47. The molecule has 1 aromatic carbocycles. The van der Waals surface area contributed by atoms with Crippen molar-refractivity contribution >= 4 is 21.2 Å². The lowest BCUT2D eigenvalue weighted by Crippen LogP contribution is -2.36. The van der Waals surface area contributed by atoms with Crippen LogP contribution in [0.4, 0.5) is 11.4 Å². The summed E-state index contributed by atoms with van der Waals surface area (Å²) in [5, 5.41) is 24.1. The second-order valence-electron chi connectivity index (χ2n) is 5.28. The van der Waals surface area contributed by atoms with Crippen LogP contribution in [0.25, 0.3) is 0 Å². The highest BCUT2D eigenvalue weighted by atomic mass is 32.2. The van der Waals surface area contributed by atoms with Gasteiger partial charge in [-0.25, -0.2) is 8.42 Å². The van der Waals surface area contributed by atoms with Crippen LogP contribution in [-0.2, 0) is 9.84 Å². The molecule has 1 fully saturated rings. The van der Waals surface area contributed by atoms with Crippen molar-refractivity contribution in [2.24, 2.45) is 0 Å². The Morgan fingerprint density at radius 1 is 1.33 bits per heavy atom. The Labute approximate surface area is 123 Å². The smallest absolute Gasteiger partial charge is 0.310 e. The summed E-state index contributed by atoms with van der Waals surface area (Å²) in [4.78, 5) is 10.2. The molecule has 0 saturated heterocycles. The van der Waals surface area contributed by atoms with Crippen molar-refractivity contribution in [2.45, 2.75) is 42.7 Å². The van der Waals surface area contributed by atoms with Crippen molar-refractivity contribution in [3.05, 3.63) is 28.3 Å². The number of aliphatic hydroxyl groups is 1. The molecule has 1 aliphatic carbocycles. The molecule has 2 N–H and O–H groups in total. The lowest BCUT2D eigenvalue weighted by molar-refractivity contribution is -0.386. The SMILES string of the molecule is CS(=O)(=O)c1cccc(NC2CCCCC2O)c1[N+](=O)[O-]. The highest BCUT2D eigenvalue weighted by Gasteiger charge is 2.29. The monoisotopic (exact) mass is 314 g/mol. The van der Waals surface area contributed by atoms with Gasteiger partial charge in [-0.1, -0.05) is 18.9 Å². The lowest BCUT2D eigenvalue weighted by atomic mass is 9.92. The number of aliphatic hydroxyl groups excluding tert-OH is 1. The number of rotatable bonds is 4. The molecular formula is C13H18N2O5S. The molecule has 2 atom stereocenters. The van der Waals surface area contributed by atoms with Gasteiger partial charge >= 0.3 is 5.69 Å². The fraction of sp³-hybridized carbons (Fsp3) is 0.538. The molecule has 7 nitrogen and oxygen atoms in total. The first-order valence-corrected chi connectivity index (χ1v) is 8.62. The summed E-state index contributed by atoms with van der Waals surface area (Å²) in [7, 11) is -3.70. The zero-order chi connectivity index (χ0) is 15.6. The summed E-state index contributed by atoms with van der Waals surface area (Å²) in [6.45, 7) is 0. The first-order valence-electron chi connectivity index (χ1n) is 6.73. The molecule has 2 unspecified atom stereocenters. The van der Waals surface area contributed by atoms with E-state index in [4.69, 9.17) is 0 Å². The highest BCUT2D eigenvalue weighted by molar-refractivity contribution is 7.90. The quantitative estimate of drug-likeness (QED) is 0.647. The minimum absolute atomic E-state index is 0.133. The summed E-state index contributed by atoms with van der Waals surface area (Å²) in [6.07, 6.45) is 3.53. The van der Waals surface area contributed by atoms with E-state index >= 15 is 0 Å². The maximum Gasteiger partial charge on any atom is 0.310 e. The molecule has 1 saturated carbocycles. The van der Waals surface area contributed by atoms with Gasteiger partial charge in [-0.2, -0.15) is 0 Å². The molecule has 1 aromatic rings. The van der Waals surface area contributed by atoms with Gasteiger partial charge in [-0.05, 0) is 25.0 Å². The Kier molecular flexibility index (Phi) is 4.48. The van der Waals surface area contributed by atoms with Crippen LogP contribution in [0.2, 0.25) is 0 Å². The Balaban J connectivity index is 2.41. The van der Waals surface area contributed by atoms with Crippen molar-refractivity contribution in [3.8, 4) is 0 Å². The van der Waals surface area contributed by atoms with Gasteiger partial charge in [0.15, 0.2) is 9.84 Å². The van der Waals surface area contributed by atoms with E-state index < -0.39 is 26.6 Å². The minimum Gasteiger partial charge on any atom is -0.391 e. The van der Waals surface area contributed by atoms with E-state index in [1.165, 1.54) is 18.2 Å². The molecule has 8 heteroatoms. The summed E-state index contributed by atoms with van der Waals surface area (Å²) >= 11 is 0. The molecule has 0 heterocycles. The van der Waals surface area contributed by atoms with Crippen molar-refractivity contribution in [2.75, 3.05) is 11.6 Å². The van der Waals surface area contributed by atoms with Crippen LogP contribution in [0.3, 0.4) is 0 Å². The Bertz CT molecular complexity index is 644. The predicted octanol–water partition coefficient (Wildman–Crippen LogP) is 1.71. The first-order chi connectivity index (χ1) is 9.80. The predicted molar refractivity (Wildman–Crippen MR) is 78.1 cm³/mol. The summed E-state index contributed by atoms with van der Waals surface area (Å²) < 4.78 is 23.4. The third-order valence-corrected chi connectivity index (χ3v) is 4.78. The number of hydrogen-bond acceptors (Lipinski definition) is 6. The van der Waals surface area contributed by atoms with Gasteiger partial charge in [0.05, 0.1) is 17.1 Å². The second kappa shape index (κ2) is 5.98. The third-order valence-electron chi connectivity index (χ3n) is 3.65. The van der Waals surface area contributed by atoms with Crippen LogP contribution in [-0.4, -0.2) is 36.8 Å². The number of sulfone groups is 1. The van der Waals surface area contributed by atoms with Crippen molar-refractivity contribution in [1.82, 2.24) is 0 Å². The van der Waals surface area contributed by atoms with Gasteiger partial charge in [0.2, 0.25) is 0 Å². The van der Waals surface area contributed by atoms with E-state index in [0.29, 0.717) is 12.8 Å². The van der Waals surface area contributed by atoms with Crippen LogP contribution in [0.15, 0.2) is 23.1 Å². The largest absolute Gasteiger partial charge is 0.391 e. The van der Waals surface area contributed by atoms with Crippen LogP contribution in [0, 0.1) is 10.1 Å². The maximum absolute atomic E-state index is 11.7. The Hall–Kier alpha value is -1.67. The summed E-state index contributed by atoms with van der Waals surface area (Å²) in [5.41, 5.74) is -0.327. The molecular weight excluding hydrogens is 296 g/mol. The van der Waals surface area contributed by atoms with Gasteiger partial charge in [0, 0.05) is 6.26 Å². The zero-order valence-corrected chi connectivity index (χ0v) is 12.5. The average Bonchev–Trinajstić information content (AvgIpc) is 2.40. The third kappa shape index (κ3) is 3.51. The molecule has 0 aliphatic heterocycles. The van der Waals surface area contributed by atoms with E-state index in [-0.39, 0.29) is 16.6 Å². The molecule has 0 radical (unpaired) electrons. The Morgan fingerprint density at radius 3 is 2.57 bits per heavy atom. The number of nitro benzene ring substituents is 1. The van der Waals surface area contributed by atoms with Gasteiger partial charge in [-0.15, -0.1) is 0 Å². The standard InChI is InChI=1S/C13H18N2O5S/c1-21(19,20)12-8-4-6-10(13(12)15(17)18)14-9-5-2-3-7-11(9)16/h4,6,8-9,11,14,16H,2-3,5,7H2,1H3. The normalized spacial score (nSPS) is 22.8. The summed E-state index contributed by atoms with van der Waals surface area (Å²) in [6, 6.07) is 3.85. The van der Waals surface area contributed by atoms with Gasteiger partial charge in [0.1, 0.15) is 10.6 Å². The highest BCUT2D eigenvalue weighted by Crippen LogP contribution is 2.34. The molecule has 0 amide bonds. The minimum atomic E-state index is -3.70. The van der Waals surface area contributed by atoms with Crippen molar-refractivity contribution < 1.29 is 18.4 Å². The number of anilines is 1. The number of nitrogens with zero attached hydrogens (tertiary/aromatic N) is 1. The van der Waals surface area contributed by atoms with Crippen LogP contribution >= 0.6 is 0 Å². The van der Waals surface area contributed by atoms with Crippen LogP contribution < -0.4 is 5.32 Å². The second-order valence-corrected chi connectivity index (χ2v) is 7.27. The number of benzene rings is 1. The van der Waals surface area contributed by atoms with Crippen LogP contribution in [0.5, 0.6) is 0 Å². The van der Waals surface area contributed by atoms with E-state index in [1.54, 1.807) is 0 Å². The first kappa shape index (κ1) is 15.7. The van der Waals surface area contributed by atoms with E-state index in [9.17, 15) is 23.6 Å². The van der Waals surface area contributed by atoms with Gasteiger partial charge < -0.3 is 10.4 Å². The molecule has 116 valence electrons. The maximum atomic E-state index is 11.7. The summed E-state index contributed by atoms with van der Waals surface area (Å²) in [5.74, 6) is 0. The molecule has 0 aromatic heterocycles. The molecule has 1 aliphatic rings. The fourth-order valence-electron chi connectivity index (χ4n) is 2.61. The van der Waals surface area contributed by atoms with Crippen molar-refractivity contribution in [3.63, 3.8) is 0 Å². The lowest BCUT2D eigenvalue weighted by Gasteiger charge is -2.29. The molecule has 0 bridgehead atoms. The zero-order valence-electron chi connectivity index (χ0n) is 11.7.